The lowest BCUT2D eigenvalue weighted by Gasteiger charge is -2.21. The third-order valence-electron chi connectivity index (χ3n) is 6.77. The molecule has 0 saturated carbocycles. The lowest BCUT2D eigenvalue weighted by atomic mass is 10.2. The van der Waals surface area contributed by atoms with Gasteiger partial charge in [0.1, 0.15) is 0 Å². The van der Waals surface area contributed by atoms with Crippen molar-refractivity contribution in [1.82, 2.24) is 20.4 Å². The van der Waals surface area contributed by atoms with Crippen LogP contribution in [0, 0.1) is 6.92 Å². The maximum absolute atomic E-state index is 12.9. The molecular formula is C31H44N4O6S3. The Morgan fingerprint density at radius 2 is 1.30 bits per heavy atom. The molecule has 3 amide bonds. The number of hydrogen-bond donors (Lipinski definition) is 2. The highest BCUT2D eigenvalue weighted by Crippen LogP contribution is 2.18. The number of carbonyl (C=O) groups excluding carboxylic acids is 3. The van der Waals surface area contributed by atoms with Crippen LogP contribution in [0.15, 0.2) is 34.3 Å². The largest absolute Gasteiger partial charge is 0.383 e. The third kappa shape index (κ3) is 12.4. The second kappa shape index (κ2) is 19.7. The number of thiophene rings is 3. The molecule has 13 heteroatoms. The zero-order valence-corrected chi connectivity index (χ0v) is 28.5. The van der Waals surface area contributed by atoms with Crippen molar-refractivity contribution in [3.8, 4) is 0 Å². The molecule has 2 N–H and O–H groups in total. The second-order valence-corrected chi connectivity index (χ2v) is 13.4. The van der Waals surface area contributed by atoms with Gasteiger partial charge >= 0.3 is 0 Å². The number of ether oxygens (including phenoxy) is 3. The van der Waals surface area contributed by atoms with Crippen LogP contribution in [0.25, 0.3) is 0 Å². The molecule has 0 fully saturated rings. The van der Waals surface area contributed by atoms with Crippen molar-refractivity contribution in [1.29, 1.82) is 0 Å². The van der Waals surface area contributed by atoms with E-state index in [2.05, 4.69) is 15.5 Å². The summed E-state index contributed by atoms with van der Waals surface area (Å²) in [5.41, 5.74) is 2.04. The van der Waals surface area contributed by atoms with Crippen molar-refractivity contribution in [3.63, 3.8) is 0 Å². The van der Waals surface area contributed by atoms with Gasteiger partial charge in [0.2, 0.25) is 0 Å². The minimum Gasteiger partial charge on any atom is -0.383 e. The summed E-state index contributed by atoms with van der Waals surface area (Å²) in [6, 6.07) is 5.76. The Morgan fingerprint density at radius 3 is 1.95 bits per heavy atom. The molecule has 0 bridgehead atoms. The number of amides is 3. The smallest absolute Gasteiger partial charge is 0.254 e. The maximum atomic E-state index is 12.9. The Balaban J connectivity index is 1.28. The highest BCUT2D eigenvalue weighted by atomic mass is 32.1. The van der Waals surface area contributed by atoms with Crippen molar-refractivity contribution in [2.45, 2.75) is 19.8 Å². The molecule has 0 aliphatic heterocycles. The zero-order valence-electron chi connectivity index (χ0n) is 26.0. The first-order chi connectivity index (χ1) is 21.3. The molecule has 0 aliphatic rings. The molecular weight excluding hydrogens is 621 g/mol. The highest BCUT2D eigenvalue weighted by Gasteiger charge is 2.17. The second-order valence-electron chi connectivity index (χ2n) is 10.3. The van der Waals surface area contributed by atoms with Crippen LogP contribution in [0.5, 0.6) is 0 Å². The summed E-state index contributed by atoms with van der Waals surface area (Å²) >= 11 is 4.70. The quantitative estimate of drug-likeness (QED) is 0.167. The van der Waals surface area contributed by atoms with E-state index in [1.807, 2.05) is 48.3 Å². The number of methoxy groups -OCH3 is 2. The predicted octanol–water partition coefficient (Wildman–Crippen LogP) is 3.81. The summed E-state index contributed by atoms with van der Waals surface area (Å²) in [5.74, 6) is -0.170. The summed E-state index contributed by atoms with van der Waals surface area (Å²) in [6.07, 6.45) is 1.54. The Kier molecular flexibility index (Phi) is 16.0. The predicted molar refractivity (Wildman–Crippen MR) is 178 cm³/mol. The Morgan fingerprint density at radius 1 is 0.705 bits per heavy atom. The Hall–Kier alpha value is -2.65. The van der Waals surface area contributed by atoms with E-state index in [0.29, 0.717) is 75.7 Å². The number of carbonyl (C=O) groups is 3. The van der Waals surface area contributed by atoms with E-state index in [0.717, 1.165) is 34.1 Å². The molecule has 3 aromatic rings. The van der Waals surface area contributed by atoms with Gasteiger partial charge in [-0.25, -0.2) is 0 Å². The first-order valence-electron chi connectivity index (χ1n) is 14.6. The summed E-state index contributed by atoms with van der Waals surface area (Å²) in [4.78, 5) is 44.9. The Labute approximate surface area is 272 Å². The van der Waals surface area contributed by atoms with Crippen LogP contribution in [-0.2, 0) is 27.1 Å². The zero-order chi connectivity index (χ0) is 31.7. The number of hydrogen-bond acceptors (Lipinski definition) is 10. The van der Waals surface area contributed by atoms with Gasteiger partial charge in [0.05, 0.1) is 43.1 Å². The van der Waals surface area contributed by atoms with Crippen LogP contribution in [0.3, 0.4) is 0 Å². The minimum absolute atomic E-state index is 0.00719. The molecule has 0 saturated heterocycles. The van der Waals surface area contributed by atoms with E-state index < -0.39 is 0 Å². The van der Waals surface area contributed by atoms with Gasteiger partial charge in [-0.3, -0.25) is 14.4 Å². The van der Waals surface area contributed by atoms with E-state index in [1.54, 1.807) is 53.1 Å². The third-order valence-corrected chi connectivity index (χ3v) is 9.63. The van der Waals surface area contributed by atoms with Gasteiger partial charge in [-0.1, -0.05) is 0 Å². The van der Waals surface area contributed by atoms with E-state index in [1.165, 1.54) is 0 Å². The number of nitrogens with one attached hydrogen (secondary N) is 2. The molecule has 242 valence electrons. The number of likely N-dealkylation sites (N-methyl/N-ethyl adjacent to an activating group) is 1. The van der Waals surface area contributed by atoms with Crippen LogP contribution in [0.2, 0.25) is 0 Å². The molecule has 0 spiro atoms. The fourth-order valence-corrected chi connectivity index (χ4v) is 6.59. The monoisotopic (exact) mass is 664 g/mol. The lowest BCUT2D eigenvalue weighted by molar-refractivity contribution is 0.0627. The summed E-state index contributed by atoms with van der Waals surface area (Å²) < 4.78 is 15.9. The number of aryl methyl sites for hydroxylation is 1. The topological polar surface area (TPSA) is 109 Å². The Bertz CT molecular complexity index is 1300. The molecule has 3 rings (SSSR count). The van der Waals surface area contributed by atoms with Gasteiger partial charge in [0.25, 0.3) is 17.7 Å². The molecule has 44 heavy (non-hydrogen) atoms. The maximum Gasteiger partial charge on any atom is 0.254 e. The van der Waals surface area contributed by atoms with Crippen LogP contribution in [0.4, 0.5) is 0 Å². The normalized spacial score (nSPS) is 11.2. The highest BCUT2D eigenvalue weighted by molar-refractivity contribution is 7.10. The van der Waals surface area contributed by atoms with Crippen LogP contribution < -0.4 is 10.6 Å². The van der Waals surface area contributed by atoms with Crippen molar-refractivity contribution in [2.75, 3.05) is 87.0 Å². The fraction of sp³-hybridized carbons (Fsp3) is 0.516. The SMILES string of the molecule is COCCN(CCOC)C(=O)c1csc(CCN(C)CCNC(=O)c2csc(CCOCCNC(=O)c3csc(C)c3)c2)c1. The fourth-order valence-electron chi connectivity index (χ4n) is 4.21. The summed E-state index contributed by atoms with van der Waals surface area (Å²) in [6.45, 7) is 7.50. The van der Waals surface area contributed by atoms with Crippen LogP contribution in [0.1, 0.15) is 45.7 Å². The van der Waals surface area contributed by atoms with E-state index in [9.17, 15) is 14.4 Å². The first kappa shape index (κ1) is 35.8. The molecule has 3 aromatic heterocycles. The van der Waals surface area contributed by atoms with Crippen molar-refractivity contribution < 1.29 is 28.6 Å². The molecule has 0 unspecified atom stereocenters. The van der Waals surface area contributed by atoms with E-state index in [4.69, 9.17) is 14.2 Å². The lowest BCUT2D eigenvalue weighted by Crippen LogP contribution is -2.36. The van der Waals surface area contributed by atoms with Crippen LogP contribution >= 0.6 is 34.0 Å². The molecule has 0 atom stereocenters. The van der Waals surface area contributed by atoms with Gasteiger partial charge in [-0.15, -0.1) is 34.0 Å². The molecule has 10 nitrogen and oxygen atoms in total. The van der Waals surface area contributed by atoms with Crippen LogP contribution in [-0.4, -0.2) is 114 Å². The minimum atomic E-state index is -0.0823. The molecule has 0 radical (unpaired) electrons. The average molecular weight is 665 g/mol. The number of rotatable bonds is 21. The summed E-state index contributed by atoms with van der Waals surface area (Å²) in [5, 5.41) is 11.5. The van der Waals surface area contributed by atoms with Gasteiger partial charge < -0.3 is 34.6 Å². The molecule has 3 heterocycles. The van der Waals surface area contributed by atoms with Crippen molar-refractivity contribution in [2.24, 2.45) is 0 Å². The van der Waals surface area contributed by atoms with E-state index >= 15 is 0 Å². The average Bonchev–Trinajstić information content (AvgIpc) is 3.79. The molecule has 0 aliphatic carbocycles. The van der Waals surface area contributed by atoms with Crippen molar-refractivity contribution >= 4 is 51.7 Å². The van der Waals surface area contributed by atoms with Gasteiger partial charge in [0.15, 0.2) is 0 Å². The van der Waals surface area contributed by atoms with Gasteiger partial charge in [-0.05, 0) is 38.6 Å². The number of nitrogens with zero attached hydrogens (tertiary/aromatic N) is 2. The van der Waals surface area contributed by atoms with Crippen molar-refractivity contribution in [3.05, 3.63) is 65.7 Å². The standard InChI is InChI=1S/C31H44N4O6S3/c1-23-17-24(20-42-23)29(36)33-8-14-41-13-6-28-18-25(21-43-28)30(37)32-7-10-34(2)9-5-27-19-26(22-44-27)31(38)35(11-15-39-3)12-16-40-4/h17-22H,5-16H2,1-4H3,(H,32,37)(H,33,36). The molecule has 0 aromatic carbocycles. The summed E-state index contributed by atoms with van der Waals surface area (Å²) in [7, 11) is 5.28. The van der Waals surface area contributed by atoms with Gasteiger partial charge in [0, 0.05) is 90.7 Å². The first-order valence-corrected chi connectivity index (χ1v) is 17.2. The van der Waals surface area contributed by atoms with Gasteiger partial charge in [-0.2, -0.15) is 0 Å². The van der Waals surface area contributed by atoms with E-state index in [-0.39, 0.29) is 17.7 Å².